The number of carboxylic acid groups (broad SMARTS) is 1. The summed E-state index contributed by atoms with van der Waals surface area (Å²) in [6, 6.07) is 6.72. The maximum atomic E-state index is 11.7. The number of aliphatic carboxylic acids is 1. The summed E-state index contributed by atoms with van der Waals surface area (Å²) < 4.78 is 9.97. The van der Waals surface area contributed by atoms with Crippen molar-refractivity contribution in [2.75, 3.05) is 13.7 Å². The first-order chi connectivity index (χ1) is 9.43. The Kier molecular flexibility index (Phi) is 5.99. The number of carbonyl (C=O) groups excluding carboxylic acids is 1. The van der Waals surface area contributed by atoms with E-state index in [1.807, 2.05) is 6.92 Å². The summed E-state index contributed by atoms with van der Waals surface area (Å²) in [5.74, 6) is -0.741. The Labute approximate surface area is 117 Å². The molecule has 0 aliphatic rings. The fourth-order valence-corrected chi connectivity index (χ4v) is 1.52. The number of nitrogens with one attached hydrogen (secondary N) is 1. The van der Waals surface area contributed by atoms with E-state index in [1.54, 1.807) is 31.2 Å². The maximum Gasteiger partial charge on any atom is 0.341 e. The van der Waals surface area contributed by atoms with Gasteiger partial charge in [-0.2, -0.15) is 0 Å². The van der Waals surface area contributed by atoms with E-state index in [-0.39, 0.29) is 18.6 Å². The lowest BCUT2D eigenvalue weighted by molar-refractivity contribution is -0.139. The number of rotatable bonds is 7. The minimum Gasteiger partial charge on any atom is -0.482 e. The lowest BCUT2D eigenvalue weighted by Crippen LogP contribution is -2.35. The van der Waals surface area contributed by atoms with E-state index < -0.39 is 12.1 Å². The second-order valence-corrected chi connectivity index (χ2v) is 4.36. The number of carbonyl (C=O) groups is 2. The largest absolute Gasteiger partial charge is 0.482 e. The standard InChI is InChI=1S/C14H19NO5/c1-9(15-14(18)10(2)19-3)11-4-6-12(7-5-11)20-8-13(16)17/h4-7,9-10H,8H2,1-3H3,(H,15,18)(H,16,17). The monoisotopic (exact) mass is 281 g/mol. The van der Waals surface area contributed by atoms with Gasteiger partial charge in [0.05, 0.1) is 6.04 Å². The minimum absolute atomic E-state index is 0.173. The highest BCUT2D eigenvalue weighted by Gasteiger charge is 2.15. The third-order valence-electron chi connectivity index (χ3n) is 2.82. The van der Waals surface area contributed by atoms with Crippen LogP contribution in [-0.2, 0) is 14.3 Å². The van der Waals surface area contributed by atoms with Crippen molar-refractivity contribution in [2.24, 2.45) is 0 Å². The molecule has 6 heteroatoms. The number of benzene rings is 1. The second kappa shape index (κ2) is 7.49. The first-order valence-electron chi connectivity index (χ1n) is 6.21. The van der Waals surface area contributed by atoms with Crippen LogP contribution in [0.1, 0.15) is 25.5 Å². The highest BCUT2D eigenvalue weighted by molar-refractivity contribution is 5.80. The van der Waals surface area contributed by atoms with Crippen LogP contribution in [0.4, 0.5) is 0 Å². The van der Waals surface area contributed by atoms with E-state index in [9.17, 15) is 9.59 Å². The van der Waals surface area contributed by atoms with E-state index >= 15 is 0 Å². The van der Waals surface area contributed by atoms with Crippen molar-refractivity contribution in [3.05, 3.63) is 29.8 Å². The average Bonchev–Trinajstić information content (AvgIpc) is 2.44. The molecule has 0 spiro atoms. The predicted octanol–water partition coefficient (Wildman–Crippen LogP) is 1.36. The van der Waals surface area contributed by atoms with Crippen LogP contribution in [0.5, 0.6) is 5.75 Å². The summed E-state index contributed by atoms with van der Waals surface area (Å²) in [5, 5.41) is 11.3. The number of amides is 1. The Hall–Kier alpha value is -2.08. The average molecular weight is 281 g/mol. The van der Waals surface area contributed by atoms with Gasteiger partial charge in [0.2, 0.25) is 5.91 Å². The zero-order valence-electron chi connectivity index (χ0n) is 11.8. The molecule has 0 aliphatic heterocycles. The molecule has 110 valence electrons. The van der Waals surface area contributed by atoms with Crippen molar-refractivity contribution in [3.63, 3.8) is 0 Å². The van der Waals surface area contributed by atoms with Crippen LogP contribution >= 0.6 is 0 Å². The molecule has 2 atom stereocenters. The van der Waals surface area contributed by atoms with Crippen LogP contribution in [0, 0.1) is 0 Å². The normalized spacial score (nSPS) is 13.3. The molecule has 1 aromatic rings. The van der Waals surface area contributed by atoms with Crippen molar-refractivity contribution in [2.45, 2.75) is 26.0 Å². The quantitative estimate of drug-likeness (QED) is 0.788. The van der Waals surface area contributed by atoms with Crippen molar-refractivity contribution >= 4 is 11.9 Å². The molecule has 0 saturated heterocycles. The van der Waals surface area contributed by atoms with Gasteiger partial charge in [0.15, 0.2) is 6.61 Å². The minimum atomic E-state index is -1.02. The zero-order chi connectivity index (χ0) is 15.1. The van der Waals surface area contributed by atoms with Crippen LogP contribution in [0.3, 0.4) is 0 Å². The molecule has 0 aromatic heterocycles. The summed E-state index contributed by atoms with van der Waals surface area (Å²) in [4.78, 5) is 22.1. The summed E-state index contributed by atoms with van der Waals surface area (Å²) in [5.41, 5.74) is 0.893. The van der Waals surface area contributed by atoms with Crippen LogP contribution < -0.4 is 10.1 Å². The van der Waals surface area contributed by atoms with Crippen molar-refractivity contribution in [1.82, 2.24) is 5.32 Å². The number of hydrogen-bond donors (Lipinski definition) is 2. The molecule has 2 unspecified atom stereocenters. The number of carboxylic acids is 1. The van der Waals surface area contributed by atoms with E-state index in [2.05, 4.69) is 5.32 Å². The molecule has 6 nitrogen and oxygen atoms in total. The van der Waals surface area contributed by atoms with Gasteiger partial charge in [0.25, 0.3) is 0 Å². The molecule has 1 amide bonds. The van der Waals surface area contributed by atoms with E-state index in [1.165, 1.54) is 7.11 Å². The molecule has 0 saturated carbocycles. The summed E-state index contributed by atoms with van der Waals surface area (Å²) >= 11 is 0. The fraction of sp³-hybridized carbons (Fsp3) is 0.429. The first-order valence-corrected chi connectivity index (χ1v) is 6.21. The van der Waals surface area contributed by atoms with Crippen LogP contribution in [0.2, 0.25) is 0 Å². The Bertz CT molecular complexity index is 457. The summed E-state index contributed by atoms with van der Waals surface area (Å²) in [6.45, 7) is 3.15. The van der Waals surface area contributed by atoms with E-state index in [0.29, 0.717) is 5.75 Å². The van der Waals surface area contributed by atoms with Gasteiger partial charge in [-0.15, -0.1) is 0 Å². The Morgan fingerprint density at radius 3 is 2.35 bits per heavy atom. The Morgan fingerprint density at radius 2 is 1.85 bits per heavy atom. The molecule has 0 bridgehead atoms. The first kappa shape index (κ1) is 16.0. The molecular formula is C14H19NO5. The lowest BCUT2D eigenvalue weighted by atomic mass is 10.1. The van der Waals surface area contributed by atoms with Crippen LogP contribution in [-0.4, -0.2) is 36.8 Å². The van der Waals surface area contributed by atoms with Crippen LogP contribution in [0.25, 0.3) is 0 Å². The van der Waals surface area contributed by atoms with Gasteiger partial charge in [-0.25, -0.2) is 4.79 Å². The third kappa shape index (κ3) is 4.89. The van der Waals surface area contributed by atoms with Crippen molar-refractivity contribution in [3.8, 4) is 5.75 Å². The van der Waals surface area contributed by atoms with Gasteiger partial charge in [0, 0.05) is 7.11 Å². The SMILES string of the molecule is COC(C)C(=O)NC(C)c1ccc(OCC(=O)O)cc1. The second-order valence-electron chi connectivity index (χ2n) is 4.36. The number of methoxy groups -OCH3 is 1. The molecule has 20 heavy (non-hydrogen) atoms. The molecule has 0 heterocycles. The van der Waals surface area contributed by atoms with Gasteiger partial charge >= 0.3 is 5.97 Å². The number of hydrogen-bond acceptors (Lipinski definition) is 4. The maximum absolute atomic E-state index is 11.7. The van der Waals surface area contributed by atoms with Gasteiger partial charge in [-0.1, -0.05) is 12.1 Å². The van der Waals surface area contributed by atoms with E-state index in [4.69, 9.17) is 14.6 Å². The molecular weight excluding hydrogens is 262 g/mol. The van der Waals surface area contributed by atoms with Crippen molar-refractivity contribution in [1.29, 1.82) is 0 Å². The Morgan fingerprint density at radius 1 is 1.25 bits per heavy atom. The van der Waals surface area contributed by atoms with Gasteiger partial charge in [-0.3, -0.25) is 4.79 Å². The zero-order valence-corrected chi connectivity index (χ0v) is 11.8. The van der Waals surface area contributed by atoms with Gasteiger partial charge < -0.3 is 19.9 Å². The summed E-state index contributed by atoms with van der Waals surface area (Å²) in [7, 11) is 1.48. The molecule has 2 N–H and O–H groups in total. The van der Waals surface area contributed by atoms with Gasteiger partial charge in [-0.05, 0) is 31.5 Å². The molecule has 0 aliphatic carbocycles. The van der Waals surface area contributed by atoms with E-state index in [0.717, 1.165) is 5.56 Å². The van der Waals surface area contributed by atoms with Crippen LogP contribution in [0.15, 0.2) is 24.3 Å². The van der Waals surface area contributed by atoms with Gasteiger partial charge in [0.1, 0.15) is 11.9 Å². The molecule has 0 fully saturated rings. The van der Waals surface area contributed by atoms with Crippen molar-refractivity contribution < 1.29 is 24.2 Å². The lowest BCUT2D eigenvalue weighted by Gasteiger charge is -2.17. The highest BCUT2D eigenvalue weighted by atomic mass is 16.5. The topological polar surface area (TPSA) is 84.9 Å². The molecule has 1 rings (SSSR count). The Balaban J connectivity index is 2.59. The predicted molar refractivity (Wildman–Crippen MR) is 72.6 cm³/mol. The highest BCUT2D eigenvalue weighted by Crippen LogP contribution is 2.17. The fourth-order valence-electron chi connectivity index (χ4n) is 1.52. The smallest absolute Gasteiger partial charge is 0.341 e. The molecule has 0 radical (unpaired) electrons. The number of ether oxygens (including phenoxy) is 2. The third-order valence-corrected chi connectivity index (χ3v) is 2.82. The summed E-state index contributed by atoms with van der Waals surface area (Å²) in [6.07, 6.45) is -0.504. The molecule has 1 aromatic carbocycles.